The minimum Gasteiger partial charge on any atom is -0.371 e. The van der Waals surface area contributed by atoms with Gasteiger partial charge in [-0.3, -0.25) is 9.36 Å². The molecule has 26 heavy (non-hydrogen) atoms. The summed E-state index contributed by atoms with van der Waals surface area (Å²) in [5, 5.41) is 3.06. The first-order valence-electron chi connectivity index (χ1n) is 8.39. The lowest BCUT2D eigenvalue weighted by Gasteiger charge is -2.24. The predicted molar refractivity (Wildman–Crippen MR) is 95.7 cm³/mol. The van der Waals surface area contributed by atoms with Gasteiger partial charge in [0.1, 0.15) is 24.1 Å². The molecule has 4 rings (SSSR count). The summed E-state index contributed by atoms with van der Waals surface area (Å²) < 4.78 is 20.2. The highest BCUT2D eigenvalue weighted by Gasteiger charge is 2.56. The van der Waals surface area contributed by atoms with E-state index >= 15 is 0 Å². The molecule has 0 bridgehead atoms. The standard InChI is InChI=1S/C16H21N5O4S/c1-8(22)26-5-9-11-12(25-16(2,3)24-11)15(23-9)21-7-20-10-13(17-4)18-6-19-14(10)21/h6-7,9,11-12,15H,5H2,1-4H3,(H,17,18,19)/t9-,11-,12-,15-/m1/s1. The van der Waals surface area contributed by atoms with E-state index in [1.807, 2.05) is 18.4 Å². The van der Waals surface area contributed by atoms with Crippen molar-refractivity contribution in [1.82, 2.24) is 19.5 Å². The van der Waals surface area contributed by atoms with Crippen LogP contribution in [0.2, 0.25) is 0 Å². The second-order valence-corrected chi connectivity index (χ2v) is 7.93. The Morgan fingerprint density at radius 3 is 2.81 bits per heavy atom. The summed E-state index contributed by atoms with van der Waals surface area (Å²) in [6.45, 7) is 5.31. The van der Waals surface area contributed by atoms with Crippen molar-refractivity contribution < 1.29 is 19.0 Å². The summed E-state index contributed by atoms with van der Waals surface area (Å²) in [6.07, 6.45) is 1.89. The Balaban J connectivity index is 1.69. The van der Waals surface area contributed by atoms with E-state index in [0.717, 1.165) is 0 Å². The molecule has 0 aromatic carbocycles. The van der Waals surface area contributed by atoms with E-state index in [1.54, 1.807) is 20.3 Å². The molecule has 0 saturated carbocycles. The Morgan fingerprint density at radius 2 is 2.08 bits per heavy atom. The van der Waals surface area contributed by atoms with Crippen LogP contribution in [0.4, 0.5) is 5.82 Å². The van der Waals surface area contributed by atoms with Crippen molar-refractivity contribution >= 4 is 33.9 Å². The number of nitrogens with one attached hydrogen (secondary N) is 1. The number of carbonyl (C=O) groups is 1. The maximum absolute atomic E-state index is 11.4. The maximum Gasteiger partial charge on any atom is 0.185 e. The van der Waals surface area contributed by atoms with Crippen LogP contribution in [0.15, 0.2) is 12.7 Å². The maximum atomic E-state index is 11.4. The molecule has 2 aromatic heterocycles. The molecule has 0 aliphatic carbocycles. The van der Waals surface area contributed by atoms with Crippen molar-refractivity contribution in [2.45, 2.75) is 51.1 Å². The van der Waals surface area contributed by atoms with Crippen LogP contribution < -0.4 is 5.32 Å². The average Bonchev–Trinajstić information content (AvgIpc) is 3.23. The number of thioether (sulfide) groups is 1. The molecule has 10 heteroatoms. The van der Waals surface area contributed by atoms with Crippen molar-refractivity contribution in [3.8, 4) is 0 Å². The number of ether oxygens (including phenoxy) is 3. The monoisotopic (exact) mass is 379 g/mol. The minimum absolute atomic E-state index is 0.0475. The van der Waals surface area contributed by atoms with Gasteiger partial charge in [-0.2, -0.15) is 0 Å². The van der Waals surface area contributed by atoms with E-state index in [4.69, 9.17) is 14.2 Å². The van der Waals surface area contributed by atoms with Gasteiger partial charge in [-0.15, -0.1) is 0 Å². The lowest BCUT2D eigenvalue weighted by atomic mass is 10.1. The van der Waals surface area contributed by atoms with Crippen LogP contribution in [0.3, 0.4) is 0 Å². The van der Waals surface area contributed by atoms with Crippen LogP contribution in [-0.2, 0) is 19.0 Å². The van der Waals surface area contributed by atoms with Gasteiger partial charge in [-0.25, -0.2) is 15.0 Å². The van der Waals surface area contributed by atoms with Crippen LogP contribution in [-0.4, -0.2) is 61.5 Å². The van der Waals surface area contributed by atoms with Gasteiger partial charge in [0.2, 0.25) is 0 Å². The van der Waals surface area contributed by atoms with Gasteiger partial charge in [0.05, 0.1) is 12.4 Å². The Hall–Kier alpha value is -1.75. The van der Waals surface area contributed by atoms with Crippen molar-refractivity contribution in [2.75, 3.05) is 18.1 Å². The van der Waals surface area contributed by atoms with E-state index in [0.29, 0.717) is 22.7 Å². The molecule has 2 aromatic rings. The number of hydrogen-bond donors (Lipinski definition) is 1. The van der Waals surface area contributed by atoms with Crippen LogP contribution >= 0.6 is 11.8 Å². The molecule has 4 heterocycles. The molecule has 9 nitrogen and oxygen atoms in total. The number of carbonyl (C=O) groups excluding carboxylic acids is 1. The first kappa shape index (κ1) is 17.7. The third-order valence-electron chi connectivity index (χ3n) is 4.45. The van der Waals surface area contributed by atoms with Crippen molar-refractivity contribution in [2.24, 2.45) is 0 Å². The molecule has 4 atom stereocenters. The van der Waals surface area contributed by atoms with Crippen molar-refractivity contribution in [1.29, 1.82) is 0 Å². The van der Waals surface area contributed by atoms with E-state index in [1.165, 1.54) is 18.1 Å². The molecular formula is C16H21N5O4S. The summed E-state index contributed by atoms with van der Waals surface area (Å²) in [4.78, 5) is 24.3. The lowest BCUT2D eigenvalue weighted by Crippen LogP contribution is -2.31. The molecule has 2 fully saturated rings. The summed E-state index contributed by atoms with van der Waals surface area (Å²) in [5.41, 5.74) is 1.32. The van der Waals surface area contributed by atoms with Gasteiger partial charge in [-0.1, -0.05) is 11.8 Å². The molecule has 2 saturated heterocycles. The predicted octanol–water partition coefficient (Wildman–Crippen LogP) is 1.57. The van der Waals surface area contributed by atoms with Crippen LogP contribution in [0.1, 0.15) is 27.0 Å². The second-order valence-electron chi connectivity index (χ2n) is 6.73. The summed E-state index contributed by atoms with van der Waals surface area (Å²) in [5.74, 6) is 0.448. The minimum atomic E-state index is -0.710. The van der Waals surface area contributed by atoms with Gasteiger partial charge in [-0.05, 0) is 13.8 Å². The SMILES string of the molecule is CNc1ncnc2c1ncn2[C@@H]1O[C@H](CSC(C)=O)[C@H]2OC(C)(C)O[C@H]21. The van der Waals surface area contributed by atoms with Crippen LogP contribution in [0.25, 0.3) is 11.2 Å². The zero-order valence-electron chi connectivity index (χ0n) is 15.0. The number of hydrogen-bond acceptors (Lipinski definition) is 9. The Labute approximate surface area is 154 Å². The molecule has 0 unspecified atom stereocenters. The Bertz CT molecular complexity index is 841. The topological polar surface area (TPSA) is 100 Å². The van der Waals surface area contributed by atoms with Gasteiger partial charge < -0.3 is 19.5 Å². The van der Waals surface area contributed by atoms with Gasteiger partial charge in [0.15, 0.2) is 28.6 Å². The third kappa shape index (κ3) is 2.96. The normalized spacial score (nSPS) is 29.8. The quantitative estimate of drug-likeness (QED) is 0.848. The summed E-state index contributed by atoms with van der Waals surface area (Å²) in [7, 11) is 1.79. The molecule has 1 N–H and O–H groups in total. The largest absolute Gasteiger partial charge is 0.371 e. The van der Waals surface area contributed by atoms with E-state index in [2.05, 4.69) is 20.3 Å². The first-order valence-corrected chi connectivity index (χ1v) is 9.38. The Kier molecular flexibility index (Phi) is 4.38. The molecule has 0 spiro atoms. The fourth-order valence-electron chi connectivity index (χ4n) is 3.44. The molecule has 2 aliphatic rings. The second kappa shape index (κ2) is 6.45. The highest BCUT2D eigenvalue weighted by Crippen LogP contribution is 2.44. The molecule has 0 amide bonds. The van der Waals surface area contributed by atoms with Gasteiger partial charge in [0, 0.05) is 19.7 Å². The van der Waals surface area contributed by atoms with Gasteiger partial charge in [0.25, 0.3) is 0 Å². The number of nitrogens with zero attached hydrogens (tertiary/aromatic N) is 4. The van der Waals surface area contributed by atoms with E-state index in [9.17, 15) is 4.79 Å². The number of fused-ring (bicyclic) bond motifs is 2. The Morgan fingerprint density at radius 1 is 1.31 bits per heavy atom. The molecular weight excluding hydrogens is 358 g/mol. The summed E-state index contributed by atoms with van der Waals surface area (Å²) in [6, 6.07) is 0. The van der Waals surface area contributed by atoms with Crippen molar-refractivity contribution in [3.05, 3.63) is 12.7 Å². The third-order valence-corrected chi connectivity index (χ3v) is 5.35. The molecule has 140 valence electrons. The fraction of sp³-hybridized carbons (Fsp3) is 0.625. The number of aromatic nitrogens is 4. The first-order chi connectivity index (χ1) is 12.4. The highest BCUT2D eigenvalue weighted by atomic mass is 32.2. The zero-order chi connectivity index (χ0) is 18.5. The number of imidazole rings is 1. The molecule has 0 radical (unpaired) electrons. The zero-order valence-corrected chi connectivity index (χ0v) is 15.8. The number of anilines is 1. The average molecular weight is 379 g/mol. The van der Waals surface area contributed by atoms with E-state index < -0.39 is 12.0 Å². The smallest absolute Gasteiger partial charge is 0.185 e. The summed E-state index contributed by atoms with van der Waals surface area (Å²) >= 11 is 1.23. The fourth-order valence-corrected chi connectivity index (χ4v) is 4.11. The van der Waals surface area contributed by atoms with Crippen LogP contribution in [0, 0.1) is 0 Å². The highest BCUT2D eigenvalue weighted by molar-refractivity contribution is 8.13. The molecule has 2 aliphatic heterocycles. The lowest BCUT2D eigenvalue weighted by molar-refractivity contribution is -0.193. The van der Waals surface area contributed by atoms with Crippen LogP contribution in [0.5, 0.6) is 0 Å². The van der Waals surface area contributed by atoms with Crippen molar-refractivity contribution in [3.63, 3.8) is 0 Å². The number of rotatable bonds is 4. The van der Waals surface area contributed by atoms with E-state index in [-0.39, 0.29) is 23.4 Å². The van der Waals surface area contributed by atoms with Gasteiger partial charge >= 0.3 is 0 Å².